The van der Waals surface area contributed by atoms with Crippen LogP contribution in [0.5, 0.6) is 0 Å². The Balaban J connectivity index is 1.89. The van der Waals surface area contributed by atoms with Crippen molar-refractivity contribution in [2.24, 2.45) is 17.8 Å². The van der Waals surface area contributed by atoms with Crippen molar-refractivity contribution in [3.8, 4) is 0 Å². The molecule has 3 aliphatic rings. The van der Waals surface area contributed by atoms with Gasteiger partial charge in [-0.15, -0.1) is 0 Å². The Bertz CT molecular complexity index is 834. The SMILES string of the molecule is C=C1C2CC=C(C)C2C2OC(=O)C(=C)C2C(O)C1OC(=O)C(=CC)COC(C)=O. The van der Waals surface area contributed by atoms with Crippen LogP contribution >= 0.6 is 0 Å². The first kappa shape index (κ1) is 21.0. The molecule has 29 heavy (non-hydrogen) atoms. The molecule has 0 amide bonds. The smallest absolute Gasteiger partial charge is 0.337 e. The molecule has 0 radical (unpaired) electrons. The Morgan fingerprint density at radius 2 is 2.03 bits per heavy atom. The van der Waals surface area contributed by atoms with Gasteiger partial charge in [-0.3, -0.25) is 4.79 Å². The lowest BCUT2D eigenvalue weighted by molar-refractivity contribution is -0.151. The highest BCUT2D eigenvalue weighted by Crippen LogP contribution is 2.51. The van der Waals surface area contributed by atoms with Gasteiger partial charge in [-0.2, -0.15) is 0 Å². The van der Waals surface area contributed by atoms with Gasteiger partial charge < -0.3 is 19.3 Å². The van der Waals surface area contributed by atoms with Gasteiger partial charge in [-0.05, 0) is 31.8 Å². The van der Waals surface area contributed by atoms with E-state index in [1.165, 1.54) is 13.0 Å². The number of aliphatic hydroxyl groups excluding tert-OH is 1. The van der Waals surface area contributed by atoms with E-state index in [1.807, 2.05) is 6.92 Å². The van der Waals surface area contributed by atoms with Gasteiger partial charge in [0.05, 0.1) is 11.5 Å². The maximum absolute atomic E-state index is 12.7. The van der Waals surface area contributed by atoms with E-state index in [0.717, 1.165) is 5.57 Å². The summed E-state index contributed by atoms with van der Waals surface area (Å²) in [6, 6.07) is 0. The number of esters is 3. The minimum absolute atomic E-state index is 0.126. The molecule has 2 aliphatic carbocycles. The first-order valence-corrected chi connectivity index (χ1v) is 9.60. The van der Waals surface area contributed by atoms with Crippen molar-refractivity contribution in [2.45, 2.75) is 45.5 Å². The lowest BCUT2D eigenvalue weighted by Crippen LogP contribution is -2.40. The summed E-state index contributed by atoms with van der Waals surface area (Å²) in [6.45, 7) is 12.5. The number of fused-ring (bicyclic) bond motifs is 3. The van der Waals surface area contributed by atoms with Crippen molar-refractivity contribution >= 4 is 17.9 Å². The van der Waals surface area contributed by atoms with E-state index < -0.39 is 42.1 Å². The van der Waals surface area contributed by atoms with Crippen molar-refractivity contribution < 1.29 is 33.7 Å². The monoisotopic (exact) mass is 402 g/mol. The maximum Gasteiger partial charge on any atom is 0.337 e. The Hall–Kier alpha value is -2.67. The number of aliphatic hydroxyl groups is 1. The van der Waals surface area contributed by atoms with Crippen molar-refractivity contribution in [2.75, 3.05) is 6.61 Å². The zero-order chi connectivity index (χ0) is 21.5. The fourth-order valence-electron chi connectivity index (χ4n) is 4.48. The molecule has 7 heteroatoms. The largest absolute Gasteiger partial charge is 0.461 e. The molecule has 1 aliphatic heterocycles. The second-order valence-corrected chi connectivity index (χ2v) is 7.72. The van der Waals surface area contributed by atoms with E-state index in [4.69, 9.17) is 14.2 Å². The number of hydrogen-bond donors (Lipinski definition) is 1. The first-order chi connectivity index (χ1) is 13.7. The molecule has 2 fully saturated rings. The Morgan fingerprint density at radius 3 is 2.66 bits per heavy atom. The van der Waals surface area contributed by atoms with Crippen LogP contribution in [0.3, 0.4) is 0 Å². The first-order valence-electron chi connectivity index (χ1n) is 9.60. The molecule has 6 unspecified atom stereocenters. The molecule has 0 bridgehead atoms. The lowest BCUT2D eigenvalue weighted by Gasteiger charge is -2.28. The normalized spacial score (nSPS) is 34.0. The van der Waals surface area contributed by atoms with Gasteiger partial charge >= 0.3 is 17.9 Å². The second-order valence-electron chi connectivity index (χ2n) is 7.72. The molecule has 0 aromatic rings. The summed E-state index contributed by atoms with van der Waals surface area (Å²) in [7, 11) is 0. The highest BCUT2D eigenvalue weighted by molar-refractivity contribution is 5.91. The van der Waals surface area contributed by atoms with Crippen LogP contribution in [0, 0.1) is 17.8 Å². The summed E-state index contributed by atoms with van der Waals surface area (Å²) in [5.74, 6) is -2.75. The molecule has 3 rings (SSSR count). The molecular weight excluding hydrogens is 376 g/mol. The van der Waals surface area contributed by atoms with Gasteiger partial charge in [0, 0.05) is 18.4 Å². The fourth-order valence-corrected chi connectivity index (χ4v) is 4.48. The molecule has 0 aromatic heterocycles. The minimum Gasteiger partial charge on any atom is -0.461 e. The lowest BCUT2D eigenvalue weighted by atomic mass is 9.80. The molecule has 1 saturated carbocycles. The third-order valence-corrected chi connectivity index (χ3v) is 6.06. The van der Waals surface area contributed by atoms with Gasteiger partial charge in [0.2, 0.25) is 0 Å². The third kappa shape index (κ3) is 3.67. The predicted octanol–water partition coefficient (Wildman–Crippen LogP) is 2.02. The number of ether oxygens (including phenoxy) is 3. The second kappa shape index (κ2) is 7.99. The van der Waals surface area contributed by atoms with Crippen LogP contribution in [0.2, 0.25) is 0 Å². The summed E-state index contributed by atoms with van der Waals surface area (Å²) >= 11 is 0. The van der Waals surface area contributed by atoms with Crippen molar-refractivity contribution in [1.29, 1.82) is 0 Å². The summed E-state index contributed by atoms with van der Waals surface area (Å²) in [4.78, 5) is 35.9. The van der Waals surface area contributed by atoms with Crippen LogP contribution < -0.4 is 0 Å². The molecular formula is C22H26O7. The molecule has 1 N–H and O–H groups in total. The zero-order valence-corrected chi connectivity index (χ0v) is 16.8. The molecule has 156 valence electrons. The molecule has 6 atom stereocenters. The van der Waals surface area contributed by atoms with Crippen LogP contribution in [0.15, 0.2) is 47.6 Å². The number of allylic oxidation sites excluding steroid dienone is 2. The van der Waals surface area contributed by atoms with Crippen molar-refractivity contribution in [3.05, 3.63) is 47.6 Å². The molecule has 0 spiro atoms. The summed E-state index contributed by atoms with van der Waals surface area (Å²) in [6.07, 6.45) is 1.37. The predicted molar refractivity (Wildman–Crippen MR) is 103 cm³/mol. The quantitative estimate of drug-likeness (QED) is 0.332. The topological polar surface area (TPSA) is 99.1 Å². The maximum atomic E-state index is 12.7. The summed E-state index contributed by atoms with van der Waals surface area (Å²) in [5.41, 5.74) is 1.95. The third-order valence-electron chi connectivity index (χ3n) is 6.06. The van der Waals surface area contributed by atoms with Gasteiger partial charge in [0.25, 0.3) is 0 Å². The average molecular weight is 402 g/mol. The van der Waals surface area contributed by atoms with Crippen LogP contribution in [-0.4, -0.2) is 47.9 Å². The summed E-state index contributed by atoms with van der Waals surface area (Å²) < 4.78 is 16.1. The number of rotatable bonds is 4. The van der Waals surface area contributed by atoms with Gasteiger partial charge in [0.15, 0.2) is 0 Å². The number of carbonyl (C=O) groups excluding carboxylic acids is 3. The van der Waals surface area contributed by atoms with Crippen molar-refractivity contribution in [1.82, 2.24) is 0 Å². The van der Waals surface area contributed by atoms with Gasteiger partial charge in [-0.25, -0.2) is 9.59 Å². The molecule has 1 saturated heterocycles. The number of hydrogen-bond acceptors (Lipinski definition) is 7. The fraction of sp³-hybridized carbons (Fsp3) is 0.500. The Morgan fingerprint density at radius 1 is 1.34 bits per heavy atom. The van der Waals surface area contributed by atoms with E-state index in [1.54, 1.807) is 6.92 Å². The van der Waals surface area contributed by atoms with Crippen LogP contribution in [-0.2, 0) is 28.6 Å². The molecule has 7 nitrogen and oxygen atoms in total. The minimum atomic E-state index is -1.22. The van der Waals surface area contributed by atoms with Crippen LogP contribution in [0.25, 0.3) is 0 Å². The van der Waals surface area contributed by atoms with Gasteiger partial charge in [-0.1, -0.05) is 30.9 Å². The molecule has 0 aromatic carbocycles. The average Bonchev–Trinajstić information content (AvgIpc) is 3.16. The highest BCUT2D eigenvalue weighted by atomic mass is 16.6. The van der Waals surface area contributed by atoms with Gasteiger partial charge in [0.1, 0.15) is 24.9 Å². The van der Waals surface area contributed by atoms with Crippen LogP contribution in [0.1, 0.15) is 27.2 Å². The Kier molecular flexibility index (Phi) is 5.80. The van der Waals surface area contributed by atoms with E-state index in [9.17, 15) is 19.5 Å². The highest BCUT2D eigenvalue weighted by Gasteiger charge is 2.56. The standard InChI is InChI=1S/C22H26O7/c1-6-14(9-27-13(5)23)22(26)28-19-11(3)15-8-7-10(2)16(15)20-17(18(19)24)12(4)21(25)29-20/h6-7,15-20,24H,3-4,8-9H2,1-2,5H3. The molecule has 1 heterocycles. The van der Waals surface area contributed by atoms with Crippen LogP contribution in [0.4, 0.5) is 0 Å². The van der Waals surface area contributed by atoms with E-state index >= 15 is 0 Å². The zero-order valence-electron chi connectivity index (χ0n) is 16.8. The Labute approximate surface area is 169 Å². The van der Waals surface area contributed by atoms with E-state index in [-0.39, 0.29) is 29.6 Å². The van der Waals surface area contributed by atoms with E-state index in [2.05, 4.69) is 19.2 Å². The summed E-state index contributed by atoms with van der Waals surface area (Å²) in [5, 5.41) is 11.1. The van der Waals surface area contributed by atoms with Crippen molar-refractivity contribution in [3.63, 3.8) is 0 Å². The number of carbonyl (C=O) groups is 3. The van der Waals surface area contributed by atoms with E-state index in [0.29, 0.717) is 12.0 Å².